The summed E-state index contributed by atoms with van der Waals surface area (Å²) in [6, 6.07) is 0. The van der Waals surface area contributed by atoms with Gasteiger partial charge in [-0.1, -0.05) is 51.9 Å². The van der Waals surface area contributed by atoms with Crippen molar-refractivity contribution in [2.45, 2.75) is 83.5 Å². The maximum absolute atomic E-state index is 12.2. The standard InChI is InChI=1S/C14H24F6/c1-2-3-4-5-6-7-8-9-12(10-13(15,16)17)11-14(18,19)20/h12H,2-11H2,1H3. The normalized spacial score (nSPS) is 13.2. The zero-order valence-electron chi connectivity index (χ0n) is 11.9. The van der Waals surface area contributed by atoms with Gasteiger partial charge in [-0.05, 0) is 12.3 Å². The van der Waals surface area contributed by atoms with Crippen LogP contribution in [0, 0.1) is 5.92 Å². The van der Waals surface area contributed by atoms with E-state index >= 15 is 0 Å². The first-order valence-electron chi connectivity index (χ1n) is 7.27. The third-order valence-corrected chi connectivity index (χ3v) is 3.26. The highest BCUT2D eigenvalue weighted by atomic mass is 19.4. The van der Waals surface area contributed by atoms with E-state index < -0.39 is 31.1 Å². The number of hydrogen-bond acceptors (Lipinski definition) is 0. The van der Waals surface area contributed by atoms with Crippen molar-refractivity contribution in [3.8, 4) is 0 Å². The Kier molecular flexibility index (Phi) is 9.30. The van der Waals surface area contributed by atoms with Crippen LogP contribution in [-0.2, 0) is 0 Å². The second-order valence-corrected chi connectivity index (χ2v) is 5.41. The smallest absolute Gasteiger partial charge is 0.171 e. The second-order valence-electron chi connectivity index (χ2n) is 5.41. The van der Waals surface area contributed by atoms with Crippen molar-refractivity contribution in [3.05, 3.63) is 0 Å². The molecule has 6 heteroatoms. The summed E-state index contributed by atoms with van der Waals surface area (Å²) in [7, 11) is 0. The highest BCUT2D eigenvalue weighted by Crippen LogP contribution is 2.35. The molecule has 0 fully saturated rings. The Bertz CT molecular complexity index is 215. The summed E-state index contributed by atoms with van der Waals surface area (Å²) < 4.78 is 73.4. The molecule has 0 saturated carbocycles. The maximum Gasteiger partial charge on any atom is 0.389 e. The van der Waals surface area contributed by atoms with Crippen LogP contribution in [0.5, 0.6) is 0 Å². The molecule has 20 heavy (non-hydrogen) atoms. The third-order valence-electron chi connectivity index (χ3n) is 3.26. The molecule has 0 unspecified atom stereocenters. The third kappa shape index (κ3) is 14.0. The van der Waals surface area contributed by atoms with Gasteiger partial charge in [0.2, 0.25) is 0 Å². The van der Waals surface area contributed by atoms with Gasteiger partial charge in [-0.25, -0.2) is 0 Å². The molecule has 0 heterocycles. The van der Waals surface area contributed by atoms with Crippen molar-refractivity contribution in [3.63, 3.8) is 0 Å². The van der Waals surface area contributed by atoms with Crippen molar-refractivity contribution in [1.82, 2.24) is 0 Å². The SMILES string of the molecule is CCCCCCCCCC(CC(F)(F)F)CC(F)(F)F. The van der Waals surface area contributed by atoms with Crippen LogP contribution < -0.4 is 0 Å². The van der Waals surface area contributed by atoms with Gasteiger partial charge in [0.25, 0.3) is 0 Å². The Morgan fingerprint density at radius 1 is 0.650 bits per heavy atom. The highest BCUT2D eigenvalue weighted by molar-refractivity contribution is 4.68. The summed E-state index contributed by atoms with van der Waals surface area (Å²) in [4.78, 5) is 0. The lowest BCUT2D eigenvalue weighted by Crippen LogP contribution is -2.21. The van der Waals surface area contributed by atoms with Crippen LogP contribution in [0.15, 0.2) is 0 Å². The van der Waals surface area contributed by atoms with Crippen molar-refractivity contribution in [2.75, 3.05) is 0 Å². The van der Waals surface area contributed by atoms with Crippen LogP contribution in [0.25, 0.3) is 0 Å². The lowest BCUT2D eigenvalue weighted by atomic mass is 9.93. The molecule has 0 radical (unpaired) electrons. The summed E-state index contributed by atoms with van der Waals surface area (Å²) in [5, 5.41) is 0. The topological polar surface area (TPSA) is 0 Å². The number of hydrogen-bond donors (Lipinski definition) is 0. The molecule has 122 valence electrons. The Hall–Kier alpha value is -0.420. The highest BCUT2D eigenvalue weighted by Gasteiger charge is 2.38. The molecule has 0 nitrogen and oxygen atoms in total. The molecule has 0 bridgehead atoms. The minimum atomic E-state index is -4.52. The molecule has 0 rings (SSSR count). The van der Waals surface area contributed by atoms with Crippen LogP contribution >= 0.6 is 0 Å². The van der Waals surface area contributed by atoms with E-state index in [9.17, 15) is 26.3 Å². The van der Waals surface area contributed by atoms with Gasteiger partial charge in [0.15, 0.2) is 0 Å². The molecule has 0 aliphatic heterocycles. The maximum atomic E-state index is 12.2. The van der Waals surface area contributed by atoms with Gasteiger partial charge in [0.1, 0.15) is 0 Å². The van der Waals surface area contributed by atoms with Gasteiger partial charge < -0.3 is 0 Å². The molecule has 0 aromatic rings. The van der Waals surface area contributed by atoms with Gasteiger partial charge in [-0.15, -0.1) is 0 Å². The number of rotatable bonds is 10. The number of unbranched alkanes of at least 4 members (excludes halogenated alkanes) is 6. The van der Waals surface area contributed by atoms with Crippen LogP contribution in [0.1, 0.15) is 71.1 Å². The Labute approximate surface area is 116 Å². The predicted octanol–water partition coefficient (Wildman–Crippen LogP) is 6.65. The summed E-state index contributed by atoms with van der Waals surface area (Å²) in [5.74, 6) is -1.33. The average molecular weight is 306 g/mol. The van der Waals surface area contributed by atoms with Crippen LogP contribution in [0.4, 0.5) is 26.3 Å². The van der Waals surface area contributed by atoms with Crippen LogP contribution in [0.3, 0.4) is 0 Å². The minimum Gasteiger partial charge on any atom is -0.171 e. The van der Waals surface area contributed by atoms with Crippen molar-refractivity contribution in [2.24, 2.45) is 5.92 Å². The minimum absolute atomic E-state index is 0.00674. The second kappa shape index (κ2) is 9.50. The first-order chi connectivity index (χ1) is 9.14. The van der Waals surface area contributed by atoms with E-state index in [1.165, 1.54) is 0 Å². The number of halogens is 6. The van der Waals surface area contributed by atoms with Gasteiger partial charge in [0.05, 0.1) is 0 Å². The van der Waals surface area contributed by atoms with Gasteiger partial charge in [-0.3, -0.25) is 0 Å². The van der Waals surface area contributed by atoms with Crippen LogP contribution in [0.2, 0.25) is 0 Å². The van der Waals surface area contributed by atoms with Crippen molar-refractivity contribution < 1.29 is 26.3 Å². The first kappa shape index (κ1) is 19.6. The van der Waals surface area contributed by atoms with E-state index in [1.807, 2.05) is 0 Å². The lowest BCUT2D eigenvalue weighted by molar-refractivity contribution is -0.173. The molecule has 0 atom stereocenters. The fourth-order valence-corrected chi connectivity index (χ4v) is 2.32. The number of alkyl halides is 6. The van der Waals surface area contributed by atoms with E-state index in [0.717, 1.165) is 38.5 Å². The molecular weight excluding hydrogens is 282 g/mol. The summed E-state index contributed by atoms with van der Waals surface area (Å²) in [6.45, 7) is 2.08. The fourth-order valence-electron chi connectivity index (χ4n) is 2.32. The van der Waals surface area contributed by atoms with Crippen molar-refractivity contribution in [1.29, 1.82) is 0 Å². The monoisotopic (exact) mass is 306 g/mol. The van der Waals surface area contributed by atoms with Gasteiger partial charge >= 0.3 is 12.4 Å². The molecule has 0 aromatic carbocycles. The molecule has 0 aromatic heterocycles. The van der Waals surface area contributed by atoms with E-state index in [1.54, 1.807) is 0 Å². The zero-order valence-corrected chi connectivity index (χ0v) is 11.9. The fraction of sp³-hybridized carbons (Fsp3) is 1.00. The molecule has 0 N–H and O–H groups in total. The summed E-state index contributed by atoms with van der Waals surface area (Å²) >= 11 is 0. The Morgan fingerprint density at radius 2 is 1.05 bits per heavy atom. The summed E-state index contributed by atoms with van der Waals surface area (Å²) in [5.41, 5.74) is 0. The average Bonchev–Trinajstić information content (AvgIpc) is 2.23. The quantitative estimate of drug-likeness (QED) is 0.313. The van der Waals surface area contributed by atoms with E-state index in [-0.39, 0.29) is 6.42 Å². The largest absolute Gasteiger partial charge is 0.389 e. The Balaban J connectivity index is 3.92. The van der Waals surface area contributed by atoms with E-state index in [0.29, 0.717) is 6.42 Å². The molecule has 0 amide bonds. The predicted molar refractivity (Wildman–Crippen MR) is 67.4 cm³/mol. The van der Waals surface area contributed by atoms with Crippen molar-refractivity contribution >= 4 is 0 Å². The zero-order chi connectivity index (χ0) is 15.6. The molecule has 0 aliphatic rings. The molecule has 0 spiro atoms. The van der Waals surface area contributed by atoms with E-state index in [2.05, 4.69) is 6.92 Å². The Morgan fingerprint density at radius 3 is 1.45 bits per heavy atom. The lowest BCUT2D eigenvalue weighted by Gasteiger charge is -2.20. The molecule has 0 aliphatic carbocycles. The first-order valence-corrected chi connectivity index (χ1v) is 7.27. The van der Waals surface area contributed by atoms with E-state index in [4.69, 9.17) is 0 Å². The van der Waals surface area contributed by atoms with Crippen LogP contribution in [-0.4, -0.2) is 12.4 Å². The van der Waals surface area contributed by atoms with Gasteiger partial charge in [0, 0.05) is 12.8 Å². The molecular formula is C14H24F6. The summed E-state index contributed by atoms with van der Waals surface area (Å²) in [6.07, 6.45) is -5.29. The molecule has 0 saturated heterocycles. The van der Waals surface area contributed by atoms with Gasteiger partial charge in [-0.2, -0.15) is 26.3 Å².